The predicted molar refractivity (Wildman–Crippen MR) is 159 cm³/mol. The van der Waals surface area contributed by atoms with E-state index in [0.717, 1.165) is 62.5 Å². The van der Waals surface area contributed by atoms with Crippen molar-refractivity contribution < 1.29 is 13.9 Å². The third-order valence-corrected chi connectivity index (χ3v) is 9.57. The van der Waals surface area contributed by atoms with Crippen LogP contribution in [0, 0.1) is 25.7 Å². The van der Waals surface area contributed by atoms with Crippen LogP contribution in [0.15, 0.2) is 45.2 Å². The lowest BCUT2D eigenvalue weighted by atomic mass is 9.84. The maximum absolute atomic E-state index is 10.6. The lowest BCUT2D eigenvalue weighted by molar-refractivity contribution is 0.0661. The van der Waals surface area contributed by atoms with E-state index in [1.807, 2.05) is 43.3 Å². The maximum Gasteiger partial charge on any atom is 0.136 e. The molecule has 2 aliphatic carbocycles. The van der Waals surface area contributed by atoms with Gasteiger partial charge in [0.1, 0.15) is 28.8 Å². The van der Waals surface area contributed by atoms with E-state index in [2.05, 4.69) is 6.92 Å². The van der Waals surface area contributed by atoms with Gasteiger partial charge in [0, 0.05) is 26.4 Å². The molecule has 38 heavy (non-hydrogen) atoms. The molecule has 6 heteroatoms. The Labute approximate surface area is 240 Å². The van der Waals surface area contributed by atoms with E-state index in [1.54, 1.807) is 0 Å². The van der Waals surface area contributed by atoms with Crippen LogP contribution in [0.25, 0.3) is 21.9 Å². The van der Waals surface area contributed by atoms with Gasteiger partial charge in [0.05, 0.1) is 5.38 Å². The molecule has 0 aliphatic heterocycles. The molecule has 2 fully saturated rings. The van der Waals surface area contributed by atoms with Gasteiger partial charge in [-0.05, 0) is 93.3 Å². The Morgan fingerprint density at radius 3 is 1.66 bits per heavy atom. The Hall–Kier alpha value is -1.65. The Bertz CT molecular complexity index is 1270. The molecule has 2 saturated carbocycles. The van der Waals surface area contributed by atoms with Gasteiger partial charge in [0.15, 0.2) is 0 Å². The molecule has 0 bridgehead atoms. The van der Waals surface area contributed by atoms with E-state index in [-0.39, 0.29) is 5.38 Å². The molecule has 2 atom stereocenters. The van der Waals surface area contributed by atoms with Crippen molar-refractivity contribution in [1.82, 2.24) is 0 Å². The highest BCUT2D eigenvalue weighted by molar-refractivity contribution is 6.31. The average molecular weight is 576 g/mol. The highest BCUT2D eigenvalue weighted by atomic mass is 35.5. The largest absolute Gasteiger partial charge is 0.459 e. The molecule has 3 nitrogen and oxygen atoms in total. The van der Waals surface area contributed by atoms with Crippen molar-refractivity contribution in [2.45, 2.75) is 89.5 Å². The molecule has 2 aromatic carbocycles. The minimum absolute atomic E-state index is 0.00789. The fourth-order valence-electron chi connectivity index (χ4n) is 6.27. The Morgan fingerprint density at radius 1 is 0.684 bits per heavy atom. The van der Waals surface area contributed by atoms with Crippen LogP contribution in [0.1, 0.15) is 98.3 Å². The zero-order valence-corrected chi connectivity index (χ0v) is 24.5. The fourth-order valence-corrected chi connectivity index (χ4v) is 7.08. The van der Waals surface area contributed by atoms with Gasteiger partial charge in [-0.15, -0.1) is 11.6 Å². The summed E-state index contributed by atoms with van der Waals surface area (Å²) in [6.45, 7) is 4.08. The zero-order chi connectivity index (χ0) is 26.8. The normalized spacial score (nSPS) is 18.9. The van der Waals surface area contributed by atoms with Crippen LogP contribution in [0.3, 0.4) is 0 Å². The van der Waals surface area contributed by atoms with E-state index >= 15 is 0 Å². The van der Waals surface area contributed by atoms with Gasteiger partial charge in [0.25, 0.3) is 0 Å². The lowest BCUT2D eigenvalue weighted by Gasteiger charge is -2.25. The van der Waals surface area contributed by atoms with E-state index < -0.39 is 6.10 Å². The monoisotopic (exact) mass is 574 g/mol. The van der Waals surface area contributed by atoms with Crippen molar-refractivity contribution in [2.24, 2.45) is 11.8 Å². The molecule has 2 unspecified atom stereocenters. The van der Waals surface area contributed by atoms with Crippen molar-refractivity contribution in [3.05, 3.63) is 69.1 Å². The molecule has 2 aliphatic rings. The van der Waals surface area contributed by atoms with Crippen LogP contribution < -0.4 is 0 Å². The van der Waals surface area contributed by atoms with Crippen molar-refractivity contribution in [2.75, 3.05) is 0 Å². The molecular formula is C32H37Cl3O3. The highest BCUT2D eigenvalue weighted by Crippen LogP contribution is 2.43. The summed E-state index contributed by atoms with van der Waals surface area (Å²) in [6, 6.07) is 11.4. The standard InChI is InChI=1S/C16H18Cl2O.C16H19ClO2/c2*1-10-13-9-12(17)7-8-14(13)19-16(10)15(18)11-5-3-2-4-6-11/h7-9,11,15H,2-6H2,1H3;7-9,11,15,18H,2-6H2,1H3. The summed E-state index contributed by atoms with van der Waals surface area (Å²) in [4.78, 5) is 0. The number of hydrogen-bond donors (Lipinski definition) is 1. The number of aliphatic hydroxyl groups is 1. The third kappa shape index (κ3) is 5.92. The first-order chi connectivity index (χ1) is 18.3. The minimum atomic E-state index is -0.480. The minimum Gasteiger partial charge on any atom is -0.459 e. The van der Waals surface area contributed by atoms with Crippen LogP contribution in [-0.4, -0.2) is 5.11 Å². The summed E-state index contributed by atoms with van der Waals surface area (Å²) in [5.41, 5.74) is 3.86. The Morgan fingerprint density at radius 2 is 1.13 bits per heavy atom. The number of benzene rings is 2. The molecule has 0 spiro atoms. The summed E-state index contributed by atoms with van der Waals surface area (Å²) in [5.74, 6) is 2.55. The number of furan rings is 2. The summed E-state index contributed by atoms with van der Waals surface area (Å²) >= 11 is 18.8. The second-order valence-electron chi connectivity index (χ2n) is 11.1. The smallest absolute Gasteiger partial charge is 0.136 e. The molecule has 1 N–H and O–H groups in total. The summed E-state index contributed by atoms with van der Waals surface area (Å²) in [5, 5.41) is 14.1. The van der Waals surface area contributed by atoms with Gasteiger partial charge in [-0.3, -0.25) is 0 Å². The first-order valence-corrected chi connectivity index (χ1v) is 15.2. The van der Waals surface area contributed by atoms with Crippen LogP contribution in [0.5, 0.6) is 0 Å². The molecule has 4 aromatic rings. The lowest BCUT2D eigenvalue weighted by Crippen LogP contribution is -2.16. The number of hydrogen-bond acceptors (Lipinski definition) is 3. The number of halogens is 3. The van der Waals surface area contributed by atoms with Crippen molar-refractivity contribution in [3.8, 4) is 0 Å². The molecule has 204 valence electrons. The first kappa shape index (κ1) is 27.9. The van der Waals surface area contributed by atoms with Gasteiger partial charge in [0.2, 0.25) is 0 Å². The van der Waals surface area contributed by atoms with Gasteiger partial charge in [-0.1, -0.05) is 61.7 Å². The molecule has 0 amide bonds. The molecular weight excluding hydrogens is 539 g/mol. The topological polar surface area (TPSA) is 46.5 Å². The summed E-state index contributed by atoms with van der Waals surface area (Å²) in [6.07, 6.45) is 11.8. The number of fused-ring (bicyclic) bond motifs is 2. The van der Waals surface area contributed by atoms with E-state index in [1.165, 1.54) is 51.4 Å². The molecule has 2 heterocycles. The second kappa shape index (κ2) is 12.3. The third-order valence-electron chi connectivity index (χ3n) is 8.55. The highest BCUT2D eigenvalue weighted by Gasteiger charge is 2.29. The number of rotatable bonds is 4. The molecule has 0 radical (unpaired) electrons. The van der Waals surface area contributed by atoms with E-state index in [0.29, 0.717) is 16.9 Å². The maximum atomic E-state index is 10.6. The quantitative estimate of drug-likeness (QED) is 0.246. The van der Waals surface area contributed by atoms with Crippen LogP contribution in [0.2, 0.25) is 10.0 Å². The molecule has 0 saturated heterocycles. The average Bonchev–Trinajstić information content (AvgIpc) is 3.45. The van der Waals surface area contributed by atoms with Crippen LogP contribution in [-0.2, 0) is 0 Å². The van der Waals surface area contributed by atoms with Crippen LogP contribution in [0.4, 0.5) is 0 Å². The van der Waals surface area contributed by atoms with Gasteiger partial charge in [-0.25, -0.2) is 0 Å². The van der Waals surface area contributed by atoms with Gasteiger partial charge >= 0.3 is 0 Å². The first-order valence-electron chi connectivity index (χ1n) is 14.0. The van der Waals surface area contributed by atoms with E-state index in [9.17, 15) is 5.11 Å². The molecule has 6 rings (SSSR count). The summed E-state index contributed by atoms with van der Waals surface area (Å²) in [7, 11) is 0. The molecule has 2 aromatic heterocycles. The van der Waals surface area contributed by atoms with Crippen molar-refractivity contribution in [3.63, 3.8) is 0 Å². The van der Waals surface area contributed by atoms with Gasteiger partial charge in [-0.2, -0.15) is 0 Å². The number of alkyl halides is 1. The van der Waals surface area contributed by atoms with Crippen LogP contribution >= 0.6 is 34.8 Å². The summed E-state index contributed by atoms with van der Waals surface area (Å²) < 4.78 is 11.8. The zero-order valence-electron chi connectivity index (χ0n) is 22.2. The fraction of sp³-hybridized carbons (Fsp3) is 0.500. The van der Waals surface area contributed by atoms with Gasteiger partial charge < -0.3 is 13.9 Å². The van der Waals surface area contributed by atoms with Crippen molar-refractivity contribution >= 4 is 56.7 Å². The Kier molecular flexibility index (Phi) is 8.99. The predicted octanol–water partition coefficient (Wildman–Crippen LogP) is 11.3. The SMILES string of the molecule is Cc1c(C(Cl)C2CCCCC2)oc2ccc(Cl)cc12.Cc1c(C(O)C2CCCCC2)oc2ccc(Cl)cc12. The Balaban J connectivity index is 0.000000155. The van der Waals surface area contributed by atoms with Crippen molar-refractivity contribution in [1.29, 1.82) is 0 Å². The number of aryl methyl sites for hydroxylation is 2. The van der Waals surface area contributed by atoms with E-state index in [4.69, 9.17) is 43.6 Å². The second-order valence-corrected chi connectivity index (χ2v) is 12.4. The number of aliphatic hydroxyl groups excluding tert-OH is 1.